The summed E-state index contributed by atoms with van der Waals surface area (Å²) in [6, 6.07) is 11.9. The van der Waals surface area contributed by atoms with Crippen molar-refractivity contribution in [1.29, 1.82) is 0 Å². The molecule has 3 heterocycles. The van der Waals surface area contributed by atoms with Gasteiger partial charge in [0.25, 0.3) is 0 Å². The molecular weight excluding hydrogens is 513 g/mol. The van der Waals surface area contributed by atoms with Crippen LogP contribution in [0, 0.1) is 0 Å². The first kappa shape index (κ1) is 26.1. The van der Waals surface area contributed by atoms with Crippen LogP contribution in [0.4, 0.5) is 5.00 Å². The molecule has 4 aromatic rings. The Hall–Kier alpha value is -2.95. The molecule has 0 saturated carbocycles. The van der Waals surface area contributed by atoms with Gasteiger partial charge in [0.05, 0.1) is 12.9 Å². The third kappa shape index (κ3) is 5.71. The molecule has 0 aliphatic heterocycles. The van der Waals surface area contributed by atoms with E-state index >= 15 is 0 Å². The van der Waals surface area contributed by atoms with E-state index < -0.39 is 5.97 Å². The largest absolute Gasteiger partial charge is 0.465 e. The fourth-order valence-electron chi connectivity index (χ4n) is 3.79. The fourth-order valence-corrected chi connectivity index (χ4v) is 6.60. The molecule has 0 unspecified atom stereocenters. The number of thiophene rings is 2. The highest BCUT2D eigenvalue weighted by Gasteiger charge is 2.23. The summed E-state index contributed by atoms with van der Waals surface area (Å²) in [5.74, 6) is 0.229. The van der Waals surface area contributed by atoms with Crippen molar-refractivity contribution in [3.63, 3.8) is 0 Å². The smallest absolute Gasteiger partial charge is 0.341 e. The van der Waals surface area contributed by atoms with Crippen molar-refractivity contribution in [3.8, 4) is 22.5 Å². The maximum atomic E-state index is 12.9. The SMILES string of the molecule is CCCc1cc(-c2nnc(SCC(=O)Nc3scc(-c4ccccc4)c3C(=O)OC)n2C(C)C)cs1. The Kier molecular flexibility index (Phi) is 8.60. The molecule has 7 nitrogen and oxygen atoms in total. The molecule has 0 fully saturated rings. The monoisotopic (exact) mass is 540 g/mol. The molecule has 0 aliphatic rings. The van der Waals surface area contributed by atoms with Gasteiger partial charge in [0.1, 0.15) is 10.6 Å². The van der Waals surface area contributed by atoms with E-state index in [-0.39, 0.29) is 17.7 Å². The Morgan fingerprint density at radius 3 is 2.58 bits per heavy atom. The fraction of sp³-hybridized carbons (Fsp3) is 0.308. The van der Waals surface area contributed by atoms with Crippen molar-refractivity contribution in [2.24, 2.45) is 0 Å². The van der Waals surface area contributed by atoms with Crippen LogP contribution in [0.2, 0.25) is 0 Å². The highest BCUT2D eigenvalue weighted by atomic mass is 32.2. The number of aromatic nitrogens is 3. The summed E-state index contributed by atoms with van der Waals surface area (Å²) in [4.78, 5) is 26.8. The first-order valence-corrected chi connectivity index (χ1v) is 14.4. The number of thioether (sulfide) groups is 1. The lowest BCUT2D eigenvalue weighted by atomic mass is 10.0. The number of rotatable bonds is 10. The average molecular weight is 541 g/mol. The van der Waals surface area contributed by atoms with E-state index in [1.54, 1.807) is 11.3 Å². The number of carbonyl (C=O) groups is 2. The first-order valence-electron chi connectivity index (χ1n) is 11.6. The Morgan fingerprint density at radius 2 is 1.89 bits per heavy atom. The van der Waals surface area contributed by atoms with Gasteiger partial charge < -0.3 is 10.1 Å². The number of ether oxygens (including phenoxy) is 1. The van der Waals surface area contributed by atoms with Crippen LogP contribution in [0.5, 0.6) is 0 Å². The molecule has 0 bridgehead atoms. The van der Waals surface area contributed by atoms with Crippen molar-refractivity contribution < 1.29 is 14.3 Å². The van der Waals surface area contributed by atoms with Gasteiger partial charge in [-0.05, 0) is 31.9 Å². The number of anilines is 1. The van der Waals surface area contributed by atoms with E-state index in [9.17, 15) is 9.59 Å². The van der Waals surface area contributed by atoms with Crippen LogP contribution in [0.1, 0.15) is 48.5 Å². The molecule has 36 heavy (non-hydrogen) atoms. The lowest BCUT2D eigenvalue weighted by molar-refractivity contribution is -0.113. The number of nitrogens with one attached hydrogen (secondary N) is 1. The summed E-state index contributed by atoms with van der Waals surface area (Å²) < 4.78 is 7.07. The summed E-state index contributed by atoms with van der Waals surface area (Å²) >= 11 is 4.37. The Labute approximate surface area is 222 Å². The topological polar surface area (TPSA) is 86.1 Å². The van der Waals surface area contributed by atoms with E-state index in [1.807, 2.05) is 35.7 Å². The van der Waals surface area contributed by atoms with Crippen molar-refractivity contribution >= 4 is 51.3 Å². The number of esters is 1. The lowest BCUT2D eigenvalue weighted by Gasteiger charge is -2.13. The molecule has 0 radical (unpaired) electrons. The molecule has 1 aromatic carbocycles. The van der Waals surface area contributed by atoms with Gasteiger partial charge in [0.2, 0.25) is 5.91 Å². The van der Waals surface area contributed by atoms with Crippen LogP contribution in [0.25, 0.3) is 22.5 Å². The predicted molar refractivity (Wildman–Crippen MR) is 148 cm³/mol. The Balaban J connectivity index is 1.50. The molecule has 0 atom stereocenters. The van der Waals surface area contributed by atoms with Crippen LogP contribution < -0.4 is 5.32 Å². The minimum Gasteiger partial charge on any atom is -0.465 e. The Bertz CT molecular complexity index is 1340. The number of carbonyl (C=O) groups excluding carboxylic acids is 2. The number of hydrogen-bond acceptors (Lipinski definition) is 8. The zero-order chi connectivity index (χ0) is 25.7. The van der Waals surface area contributed by atoms with Crippen molar-refractivity contribution in [2.75, 3.05) is 18.2 Å². The number of aryl methyl sites for hydroxylation is 1. The second kappa shape index (κ2) is 11.9. The average Bonchev–Trinajstić information content (AvgIpc) is 3.61. The lowest BCUT2D eigenvalue weighted by Crippen LogP contribution is -2.16. The normalized spacial score (nSPS) is 11.1. The third-order valence-electron chi connectivity index (χ3n) is 5.44. The summed E-state index contributed by atoms with van der Waals surface area (Å²) in [5, 5.41) is 16.8. The second-order valence-electron chi connectivity index (χ2n) is 8.37. The molecule has 1 N–H and O–H groups in total. The number of nitrogens with zero attached hydrogens (tertiary/aromatic N) is 3. The standard InChI is InChI=1S/C26H28N4O3S3/c1-5-9-19-12-18(13-34-19)23-28-29-26(30(23)16(2)3)36-15-21(31)27-24-22(25(32)33-4)20(14-35-24)17-10-7-6-8-11-17/h6-8,10-14,16H,5,9,15H2,1-4H3,(H,27,31). The van der Waals surface area contributed by atoms with E-state index in [0.717, 1.165) is 35.4 Å². The molecule has 10 heteroatoms. The summed E-state index contributed by atoms with van der Waals surface area (Å²) in [6.07, 6.45) is 2.15. The van der Waals surface area contributed by atoms with Crippen LogP contribution in [0.3, 0.4) is 0 Å². The molecule has 0 saturated heterocycles. The van der Waals surface area contributed by atoms with Gasteiger partial charge in [-0.3, -0.25) is 9.36 Å². The highest BCUT2D eigenvalue weighted by Crippen LogP contribution is 2.36. The molecule has 3 aromatic heterocycles. The first-order chi connectivity index (χ1) is 17.4. The van der Waals surface area contributed by atoms with Crippen molar-refractivity contribution in [2.45, 2.75) is 44.8 Å². The van der Waals surface area contributed by atoms with E-state index in [0.29, 0.717) is 15.7 Å². The zero-order valence-corrected chi connectivity index (χ0v) is 23.1. The van der Waals surface area contributed by atoms with Gasteiger partial charge in [-0.15, -0.1) is 32.9 Å². The van der Waals surface area contributed by atoms with E-state index in [1.165, 1.54) is 35.1 Å². The van der Waals surface area contributed by atoms with Gasteiger partial charge in [0, 0.05) is 32.8 Å². The zero-order valence-electron chi connectivity index (χ0n) is 20.6. The molecule has 188 valence electrons. The molecule has 4 rings (SSSR count). The van der Waals surface area contributed by atoms with E-state index in [4.69, 9.17) is 4.74 Å². The van der Waals surface area contributed by atoms with E-state index in [2.05, 4.69) is 52.3 Å². The number of benzene rings is 1. The van der Waals surface area contributed by atoms with Crippen LogP contribution in [0.15, 0.2) is 52.3 Å². The second-order valence-corrected chi connectivity index (χ2v) is 11.2. The van der Waals surface area contributed by atoms with Crippen LogP contribution >= 0.6 is 34.4 Å². The van der Waals surface area contributed by atoms with Crippen molar-refractivity contribution in [1.82, 2.24) is 14.8 Å². The van der Waals surface area contributed by atoms with Gasteiger partial charge in [-0.2, -0.15) is 0 Å². The predicted octanol–water partition coefficient (Wildman–Crippen LogP) is 6.79. The molecular formula is C26H28N4O3S3. The van der Waals surface area contributed by atoms with Gasteiger partial charge in [-0.25, -0.2) is 4.79 Å². The van der Waals surface area contributed by atoms with Crippen LogP contribution in [-0.2, 0) is 16.0 Å². The molecule has 1 amide bonds. The molecule has 0 aliphatic carbocycles. The van der Waals surface area contributed by atoms with Crippen LogP contribution in [-0.4, -0.2) is 39.5 Å². The number of methoxy groups -OCH3 is 1. The minimum atomic E-state index is -0.486. The third-order valence-corrected chi connectivity index (χ3v) is 8.27. The van der Waals surface area contributed by atoms with Crippen molar-refractivity contribution in [3.05, 3.63) is 57.6 Å². The number of hydrogen-bond donors (Lipinski definition) is 1. The highest BCUT2D eigenvalue weighted by molar-refractivity contribution is 7.99. The maximum Gasteiger partial charge on any atom is 0.341 e. The maximum absolute atomic E-state index is 12.9. The molecule has 0 spiro atoms. The number of amides is 1. The Morgan fingerprint density at radius 1 is 1.11 bits per heavy atom. The minimum absolute atomic E-state index is 0.131. The quantitative estimate of drug-likeness (QED) is 0.176. The summed E-state index contributed by atoms with van der Waals surface area (Å²) in [7, 11) is 1.34. The van der Waals surface area contributed by atoms with Gasteiger partial charge >= 0.3 is 5.97 Å². The van der Waals surface area contributed by atoms with Gasteiger partial charge in [-0.1, -0.05) is 55.4 Å². The summed E-state index contributed by atoms with van der Waals surface area (Å²) in [6.45, 7) is 6.33. The van der Waals surface area contributed by atoms with Gasteiger partial charge in [0.15, 0.2) is 11.0 Å². The summed E-state index contributed by atoms with van der Waals surface area (Å²) in [5.41, 5.74) is 3.03.